The Kier molecular flexibility index (Phi) is 6.29. The number of carbonyl (C=O) groups excluding carboxylic acids is 1. The van der Waals surface area contributed by atoms with Crippen molar-refractivity contribution in [1.82, 2.24) is 0 Å². The number of methoxy groups -OCH3 is 1. The summed E-state index contributed by atoms with van der Waals surface area (Å²) in [5, 5.41) is 11.6. The van der Waals surface area contributed by atoms with Gasteiger partial charge in [-0.3, -0.25) is 10.1 Å². The lowest BCUT2D eigenvalue weighted by Crippen LogP contribution is -2.03. The highest BCUT2D eigenvalue weighted by Gasteiger charge is 2.19. The molecule has 0 unspecified atom stereocenters. The number of esters is 1. The number of ether oxygens (including phenoxy) is 2. The maximum Gasteiger partial charge on any atom is 0.339 e. The smallest absolute Gasteiger partial charge is 0.339 e. The number of hydrogen-bond acceptors (Lipinski definition) is 6. The van der Waals surface area contributed by atoms with Crippen LogP contribution in [0.3, 0.4) is 0 Å². The van der Waals surface area contributed by atoms with Gasteiger partial charge in [0.05, 0.1) is 28.6 Å². The van der Waals surface area contributed by atoms with Gasteiger partial charge >= 0.3 is 5.97 Å². The summed E-state index contributed by atoms with van der Waals surface area (Å²) < 4.78 is 10.5. The minimum Gasteiger partial charge on any atom is -0.489 e. The maximum absolute atomic E-state index is 11.9. The molecule has 0 aromatic heterocycles. The molecule has 0 aliphatic carbocycles. The van der Waals surface area contributed by atoms with Crippen LogP contribution in [0.5, 0.6) is 5.75 Å². The number of carbonyl (C=O) groups is 1. The standard InChI is InChI=1S/C21H17NO5S/c1-26-21(23)17-9-5-6-10-19(17)28-20-12-11-16(13-18(20)22(24)25)27-14-15-7-3-2-4-8-15/h2-13H,14H2,1H3. The minimum atomic E-state index is -0.492. The SMILES string of the molecule is COC(=O)c1ccccc1Sc1ccc(OCc2ccccc2)cc1[N+](=O)[O-]. The van der Waals surface area contributed by atoms with Crippen LogP contribution in [0.1, 0.15) is 15.9 Å². The van der Waals surface area contributed by atoms with Gasteiger partial charge in [0.1, 0.15) is 12.4 Å². The summed E-state index contributed by atoms with van der Waals surface area (Å²) in [4.78, 5) is 24.0. The van der Waals surface area contributed by atoms with Crippen molar-refractivity contribution in [2.24, 2.45) is 0 Å². The molecule has 3 rings (SSSR count). The van der Waals surface area contributed by atoms with Gasteiger partial charge in [-0.1, -0.05) is 54.2 Å². The summed E-state index contributed by atoms with van der Waals surface area (Å²) in [6.45, 7) is 0.315. The van der Waals surface area contributed by atoms with Crippen molar-refractivity contribution < 1.29 is 19.2 Å². The fourth-order valence-corrected chi connectivity index (χ4v) is 3.53. The minimum absolute atomic E-state index is 0.0877. The molecule has 0 bridgehead atoms. The zero-order chi connectivity index (χ0) is 19.9. The number of nitro groups is 1. The first-order chi connectivity index (χ1) is 13.6. The quantitative estimate of drug-likeness (QED) is 0.314. The van der Waals surface area contributed by atoms with Gasteiger partial charge in [0, 0.05) is 4.90 Å². The number of nitro benzene ring substituents is 1. The molecule has 0 radical (unpaired) electrons. The Morgan fingerprint density at radius 1 is 1.00 bits per heavy atom. The first-order valence-electron chi connectivity index (χ1n) is 8.39. The Bertz CT molecular complexity index is 991. The maximum atomic E-state index is 11.9. The number of hydrogen-bond donors (Lipinski definition) is 0. The number of benzene rings is 3. The van der Waals surface area contributed by atoms with Crippen molar-refractivity contribution in [2.75, 3.05) is 7.11 Å². The molecule has 0 amide bonds. The summed E-state index contributed by atoms with van der Waals surface area (Å²) in [5.41, 5.74) is 1.24. The first kappa shape index (κ1) is 19.4. The molecule has 142 valence electrons. The second kappa shape index (κ2) is 9.05. The second-order valence-electron chi connectivity index (χ2n) is 5.75. The van der Waals surface area contributed by atoms with Gasteiger partial charge in [-0.2, -0.15) is 0 Å². The third-order valence-corrected chi connectivity index (χ3v) is 5.03. The Labute approximate surface area is 166 Å². The monoisotopic (exact) mass is 395 g/mol. The molecule has 0 spiro atoms. The summed E-state index contributed by atoms with van der Waals surface area (Å²) in [6.07, 6.45) is 0. The molecule has 0 N–H and O–H groups in total. The highest BCUT2D eigenvalue weighted by atomic mass is 32.2. The predicted octanol–water partition coefficient (Wildman–Crippen LogP) is 5.11. The average Bonchev–Trinajstić information content (AvgIpc) is 2.73. The highest BCUT2D eigenvalue weighted by Crippen LogP contribution is 2.38. The van der Waals surface area contributed by atoms with Crippen LogP contribution in [0.25, 0.3) is 0 Å². The van der Waals surface area contributed by atoms with Gasteiger partial charge in [-0.05, 0) is 29.8 Å². The van der Waals surface area contributed by atoms with Crippen molar-refractivity contribution in [1.29, 1.82) is 0 Å². The van der Waals surface area contributed by atoms with E-state index in [0.29, 0.717) is 27.7 Å². The molecular weight excluding hydrogens is 378 g/mol. The summed E-state index contributed by atoms with van der Waals surface area (Å²) in [5.74, 6) is -0.0882. The van der Waals surface area contributed by atoms with Crippen LogP contribution in [-0.2, 0) is 11.3 Å². The molecule has 6 nitrogen and oxygen atoms in total. The van der Waals surface area contributed by atoms with Gasteiger partial charge in [-0.25, -0.2) is 4.79 Å². The predicted molar refractivity (Wildman–Crippen MR) is 106 cm³/mol. The third-order valence-electron chi connectivity index (χ3n) is 3.89. The van der Waals surface area contributed by atoms with E-state index in [2.05, 4.69) is 0 Å². The topological polar surface area (TPSA) is 78.7 Å². The normalized spacial score (nSPS) is 10.3. The molecule has 0 aliphatic heterocycles. The van der Waals surface area contributed by atoms with Crippen LogP contribution in [0, 0.1) is 10.1 Å². The molecule has 0 heterocycles. The molecule has 7 heteroatoms. The van der Waals surface area contributed by atoms with Crippen LogP contribution < -0.4 is 4.74 Å². The lowest BCUT2D eigenvalue weighted by atomic mass is 10.2. The molecule has 0 saturated heterocycles. The van der Waals surface area contributed by atoms with Crippen LogP contribution in [0.4, 0.5) is 5.69 Å². The van der Waals surface area contributed by atoms with Gasteiger partial charge in [0.25, 0.3) is 5.69 Å². The van der Waals surface area contributed by atoms with E-state index in [4.69, 9.17) is 9.47 Å². The van der Waals surface area contributed by atoms with E-state index in [1.54, 1.807) is 36.4 Å². The molecule has 3 aromatic carbocycles. The van der Waals surface area contributed by atoms with E-state index >= 15 is 0 Å². The van der Waals surface area contributed by atoms with Crippen LogP contribution >= 0.6 is 11.8 Å². The Balaban J connectivity index is 1.84. The number of nitrogens with zero attached hydrogens (tertiary/aromatic N) is 1. The van der Waals surface area contributed by atoms with Gasteiger partial charge < -0.3 is 9.47 Å². The fourth-order valence-electron chi connectivity index (χ4n) is 2.51. The van der Waals surface area contributed by atoms with E-state index in [1.807, 2.05) is 30.3 Å². The molecular formula is C21H17NO5S. The molecule has 0 fully saturated rings. The molecule has 3 aromatic rings. The van der Waals surface area contributed by atoms with Crippen molar-refractivity contribution in [3.05, 3.63) is 94.0 Å². The van der Waals surface area contributed by atoms with Crippen molar-refractivity contribution in [2.45, 2.75) is 16.4 Å². The van der Waals surface area contributed by atoms with E-state index in [9.17, 15) is 14.9 Å². The molecule has 28 heavy (non-hydrogen) atoms. The Hall–Kier alpha value is -3.32. The van der Waals surface area contributed by atoms with Crippen LogP contribution in [0.15, 0.2) is 82.6 Å². The lowest BCUT2D eigenvalue weighted by molar-refractivity contribution is -0.387. The van der Waals surface area contributed by atoms with Crippen molar-refractivity contribution >= 4 is 23.4 Å². The zero-order valence-corrected chi connectivity index (χ0v) is 15.8. The largest absolute Gasteiger partial charge is 0.489 e. The van der Waals surface area contributed by atoms with Gasteiger partial charge in [0.2, 0.25) is 0 Å². The Morgan fingerprint density at radius 3 is 2.43 bits per heavy atom. The van der Waals surface area contributed by atoms with Crippen molar-refractivity contribution in [3.8, 4) is 5.75 Å². The molecule has 0 aliphatic rings. The average molecular weight is 395 g/mol. The lowest BCUT2D eigenvalue weighted by Gasteiger charge is -2.10. The molecule has 0 atom stereocenters. The summed E-state index contributed by atoms with van der Waals surface area (Å²) in [6, 6.07) is 21.1. The fraction of sp³-hybridized carbons (Fsp3) is 0.0952. The van der Waals surface area contributed by atoms with Gasteiger partial charge in [-0.15, -0.1) is 0 Å². The number of rotatable bonds is 7. The summed E-state index contributed by atoms with van der Waals surface area (Å²) in [7, 11) is 1.30. The van der Waals surface area contributed by atoms with E-state index in [1.165, 1.54) is 13.2 Å². The van der Waals surface area contributed by atoms with E-state index in [0.717, 1.165) is 17.3 Å². The third kappa shape index (κ3) is 4.69. The highest BCUT2D eigenvalue weighted by molar-refractivity contribution is 7.99. The molecule has 0 saturated carbocycles. The second-order valence-corrected chi connectivity index (χ2v) is 6.83. The van der Waals surface area contributed by atoms with E-state index in [-0.39, 0.29) is 5.69 Å². The van der Waals surface area contributed by atoms with Gasteiger partial charge in [0.15, 0.2) is 0 Å². The van der Waals surface area contributed by atoms with Crippen molar-refractivity contribution in [3.63, 3.8) is 0 Å². The Morgan fingerprint density at radius 2 is 1.71 bits per heavy atom. The van der Waals surface area contributed by atoms with Crippen LogP contribution in [-0.4, -0.2) is 18.0 Å². The van der Waals surface area contributed by atoms with E-state index < -0.39 is 10.9 Å². The van der Waals surface area contributed by atoms with Crippen LogP contribution in [0.2, 0.25) is 0 Å². The first-order valence-corrected chi connectivity index (χ1v) is 9.20. The summed E-state index contributed by atoms with van der Waals surface area (Å²) >= 11 is 1.14. The zero-order valence-electron chi connectivity index (χ0n) is 15.0.